The number of ether oxygens (including phenoxy) is 1. The van der Waals surface area contributed by atoms with Gasteiger partial charge in [-0.05, 0) is 26.1 Å². The molecule has 1 aromatic rings. The lowest BCUT2D eigenvalue weighted by molar-refractivity contribution is 0.217. The third-order valence-corrected chi connectivity index (χ3v) is 2.59. The van der Waals surface area contributed by atoms with Crippen molar-refractivity contribution in [2.45, 2.75) is 20.8 Å². The molecule has 0 spiro atoms. The van der Waals surface area contributed by atoms with Crippen LogP contribution in [0.4, 0.5) is 5.69 Å². The zero-order valence-electron chi connectivity index (χ0n) is 10.4. The maximum Gasteiger partial charge on any atom is 0.216 e. The first-order valence-corrected chi connectivity index (χ1v) is 5.74. The molecule has 4 heteroatoms. The van der Waals surface area contributed by atoms with Crippen LogP contribution in [0.15, 0.2) is 12.3 Å². The Morgan fingerprint density at radius 3 is 2.62 bits per heavy atom. The molecule has 0 unspecified atom stereocenters. The molecular formula is C12H21N3O. The lowest BCUT2D eigenvalue weighted by Crippen LogP contribution is -2.28. The molecule has 0 amide bonds. The molecule has 0 aliphatic carbocycles. The van der Waals surface area contributed by atoms with Gasteiger partial charge in [0.15, 0.2) is 0 Å². The minimum absolute atomic E-state index is 0.666. The van der Waals surface area contributed by atoms with Crippen molar-refractivity contribution >= 4 is 5.69 Å². The van der Waals surface area contributed by atoms with E-state index in [1.807, 2.05) is 13.0 Å². The summed E-state index contributed by atoms with van der Waals surface area (Å²) in [5, 5.41) is 0. The minimum atomic E-state index is 0.666. The van der Waals surface area contributed by atoms with Crippen LogP contribution in [0.5, 0.6) is 5.88 Å². The first kappa shape index (κ1) is 12.8. The fraction of sp³-hybridized carbons (Fsp3) is 0.583. The molecule has 90 valence electrons. The molecule has 1 aromatic heterocycles. The van der Waals surface area contributed by atoms with Gasteiger partial charge in [0.05, 0.1) is 11.9 Å². The molecule has 1 heterocycles. The Hall–Kier alpha value is -1.29. The quantitative estimate of drug-likeness (QED) is 0.797. The number of rotatable bonds is 6. The van der Waals surface area contributed by atoms with Crippen molar-refractivity contribution in [1.29, 1.82) is 0 Å². The zero-order valence-corrected chi connectivity index (χ0v) is 10.4. The first-order valence-electron chi connectivity index (χ1n) is 5.74. The van der Waals surface area contributed by atoms with Gasteiger partial charge in [-0.1, -0.05) is 13.8 Å². The van der Waals surface area contributed by atoms with Crippen molar-refractivity contribution in [2.75, 3.05) is 32.0 Å². The van der Waals surface area contributed by atoms with Crippen molar-refractivity contribution in [3.8, 4) is 5.88 Å². The summed E-state index contributed by atoms with van der Waals surface area (Å²) in [5.74, 6) is 0.682. The van der Waals surface area contributed by atoms with Crippen molar-refractivity contribution in [3.63, 3.8) is 0 Å². The van der Waals surface area contributed by atoms with Gasteiger partial charge in [0, 0.05) is 12.1 Å². The number of hydrogen-bond donors (Lipinski definition) is 1. The summed E-state index contributed by atoms with van der Waals surface area (Å²) in [6.45, 7) is 9.95. The molecule has 4 nitrogen and oxygen atoms in total. The molecular weight excluding hydrogens is 202 g/mol. The number of nitrogen functional groups attached to an aromatic ring is 1. The van der Waals surface area contributed by atoms with Crippen LogP contribution in [0.3, 0.4) is 0 Å². The van der Waals surface area contributed by atoms with E-state index in [0.29, 0.717) is 18.2 Å². The largest absolute Gasteiger partial charge is 0.476 e. The molecule has 2 N–H and O–H groups in total. The molecule has 0 radical (unpaired) electrons. The molecule has 0 saturated heterocycles. The summed E-state index contributed by atoms with van der Waals surface area (Å²) in [6.07, 6.45) is 1.62. The second kappa shape index (κ2) is 6.33. The molecule has 0 aromatic carbocycles. The van der Waals surface area contributed by atoms with Crippen molar-refractivity contribution < 1.29 is 4.74 Å². The number of likely N-dealkylation sites (N-methyl/N-ethyl adjacent to an activating group) is 1. The van der Waals surface area contributed by atoms with E-state index >= 15 is 0 Å². The lowest BCUT2D eigenvalue weighted by Gasteiger charge is -2.18. The third kappa shape index (κ3) is 3.70. The van der Waals surface area contributed by atoms with E-state index in [9.17, 15) is 0 Å². The van der Waals surface area contributed by atoms with Crippen LogP contribution in [0.25, 0.3) is 0 Å². The molecule has 0 aliphatic heterocycles. The number of aromatic nitrogens is 1. The number of hydrogen-bond acceptors (Lipinski definition) is 4. The van der Waals surface area contributed by atoms with E-state index in [0.717, 1.165) is 25.2 Å². The summed E-state index contributed by atoms with van der Waals surface area (Å²) >= 11 is 0. The molecule has 0 atom stereocenters. The van der Waals surface area contributed by atoms with Gasteiger partial charge >= 0.3 is 0 Å². The van der Waals surface area contributed by atoms with E-state index in [2.05, 4.69) is 23.7 Å². The molecule has 1 rings (SSSR count). The summed E-state index contributed by atoms with van der Waals surface area (Å²) in [5.41, 5.74) is 7.28. The fourth-order valence-corrected chi connectivity index (χ4v) is 1.55. The molecule has 0 fully saturated rings. The number of nitrogens with zero attached hydrogens (tertiary/aromatic N) is 2. The number of nitrogens with two attached hydrogens (primary N) is 1. The van der Waals surface area contributed by atoms with Gasteiger partial charge in [-0.3, -0.25) is 0 Å². The average molecular weight is 223 g/mol. The van der Waals surface area contributed by atoms with Gasteiger partial charge in [0.25, 0.3) is 0 Å². The normalized spacial score (nSPS) is 10.8. The second-order valence-electron chi connectivity index (χ2n) is 3.77. The fourth-order valence-electron chi connectivity index (χ4n) is 1.55. The monoisotopic (exact) mass is 223 g/mol. The van der Waals surface area contributed by atoms with Gasteiger partial charge in [-0.15, -0.1) is 0 Å². The Labute approximate surface area is 97.4 Å². The van der Waals surface area contributed by atoms with E-state index < -0.39 is 0 Å². The number of anilines is 1. The van der Waals surface area contributed by atoms with Crippen LogP contribution in [0, 0.1) is 6.92 Å². The van der Waals surface area contributed by atoms with Crippen molar-refractivity contribution in [3.05, 3.63) is 17.8 Å². The lowest BCUT2D eigenvalue weighted by atomic mass is 10.3. The topological polar surface area (TPSA) is 51.4 Å². The van der Waals surface area contributed by atoms with E-state index in [1.165, 1.54) is 0 Å². The SMILES string of the molecule is CCN(CC)CCOc1ncc(N)cc1C. The summed E-state index contributed by atoms with van der Waals surface area (Å²) in [6, 6.07) is 1.87. The zero-order chi connectivity index (χ0) is 12.0. The summed E-state index contributed by atoms with van der Waals surface area (Å²) in [7, 11) is 0. The third-order valence-electron chi connectivity index (χ3n) is 2.59. The van der Waals surface area contributed by atoms with Crippen molar-refractivity contribution in [1.82, 2.24) is 9.88 Å². The number of pyridine rings is 1. The van der Waals surface area contributed by atoms with E-state index in [4.69, 9.17) is 10.5 Å². The minimum Gasteiger partial charge on any atom is -0.476 e. The summed E-state index contributed by atoms with van der Waals surface area (Å²) in [4.78, 5) is 6.47. The van der Waals surface area contributed by atoms with Gasteiger partial charge in [0.1, 0.15) is 6.61 Å². The van der Waals surface area contributed by atoms with E-state index in [1.54, 1.807) is 6.20 Å². The molecule has 0 bridgehead atoms. The Morgan fingerprint density at radius 1 is 1.38 bits per heavy atom. The predicted molar refractivity (Wildman–Crippen MR) is 66.7 cm³/mol. The van der Waals surface area contributed by atoms with Crippen molar-refractivity contribution in [2.24, 2.45) is 0 Å². The Bertz CT molecular complexity index is 324. The van der Waals surface area contributed by atoms with Gasteiger partial charge < -0.3 is 15.4 Å². The van der Waals surface area contributed by atoms with Crippen LogP contribution in [0.1, 0.15) is 19.4 Å². The highest BCUT2D eigenvalue weighted by Crippen LogP contribution is 2.15. The number of aryl methyl sites for hydroxylation is 1. The first-order chi connectivity index (χ1) is 7.67. The Morgan fingerprint density at radius 2 is 2.06 bits per heavy atom. The highest BCUT2D eigenvalue weighted by molar-refractivity contribution is 5.41. The summed E-state index contributed by atoms with van der Waals surface area (Å²) < 4.78 is 5.62. The van der Waals surface area contributed by atoms with Crippen LogP contribution in [-0.2, 0) is 0 Å². The standard InChI is InChI=1S/C12H21N3O/c1-4-15(5-2)6-7-16-12-10(3)8-11(13)9-14-12/h8-9H,4-7,13H2,1-3H3. The highest BCUT2D eigenvalue weighted by atomic mass is 16.5. The van der Waals surface area contributed by atoms with Crippen LogP contribution >= 0.6 is 0 Å². The predicted octanol–water partition coefficient (Wildman–Crippen LogP) is 1.69. The molecule has 0 saturated carbocycles. The highest BCUT2D eigenvalue weighted by Gasteiger charge is 2.03. The smallest absolute Gasteiger partial charge is 0.216 e. The average Bonchev–Trinajstić information content (AvgIpc) is 2.27. The Kier molecular flexibility index (Phi) is 5.05. The van der Waals surface area contributed by atoms with E-state index in [-0.39, 0.29) is 0 Å². The van der Waals surface area contributed by atoms with Gasteiger partial charge in [0.2, 0.25) is 5.88 Å². The molecule has 16 heavy (non-hydrogen) atoms. The maximum atomic E-state index is 5.62. The van der Waals surface area contributed by atoms with Crippen LogP contribution in [0.2, 0.25) is 0 Å². The van der Waals surface area contributed by atoms with Crippen LogP contribution < -0.4 is 10.5 Å². The second-order valence-corrected chi connectivity index (χ2v) is 3.77. The Balaban J connectivity index is 2.42. The van der Waals surface area contributed by atoms with Crippen LogP contribution in [-0.4, -0.2) is 36.1 Å². The van der Waals surface area contributed by atoms with Gasteiger partial charge in [-0.2, -0.15) is 0 Å². The maximum absolute atomic E-state index is 5.62. The van der Waals surface area contributed by atoms with Gasteiger partial charge in [-0.25, -0.2) is 4.98 Å². The molecule has 0 aliphatic rings.